The molecular weight excluding hydrogens is 1060 g/mol. The van der Waals surface area contributed by atoms with Crippen LogP contribution >= 0.6 is 0 Å². The van der Waals surface area contributed by atoms with Gasteiger partial charge in [-0.3, -0.25) is 20.0 Å². The van der Waals surface area contributed by atoms with E-state index in [2.05, 4.69) is 150 Å². The van der Waals surface area contributed by atoms with Crippen LogP contribution in [0, 0.1) is 47.3 Å². The van der Waals surface area contributed by atoms with Crippen LogP contribution in [0.3, 0.4) is 0 Å². The van der Waals surface area contributed by atoms with Crippen LogP contribution in [0.15, 0.2) is 142 Å². The van der Waals surface area contributed by atoms with E-state index in [0.29, 0.717) is 103 Å². The predicted molar refractivity (Wildman–Crippen MR) is 317 cm³/mol. The van der Waals surface area contributed by atoms with E-state index in [1.165, 1.54) is 51.4 Å². The van der Waals surface area contributed by atoms with E-state index in [9.17, 15) is 0 Å². The largest absolute Gasteiger partial charge is 2.00 e. The van der Waals surface area contributed by atoms with Crippen molar-refractivity contribution in [1.29, 1.82) is 0 Å². The molecule has 4 aliphatic carbocycles. The van der Waals surface area contributed by atoms with Crippen molar-refractivity contribution in [2.45, 2.75) is 105 Å². The Morgan fingerprint density at radius 1 is 0.346 bits per heavy atom. The quantitative estimate of drug-likeness (QED) is 0.0167. The Balaban J connectivity index is 0.000000280. The van der Waals surface area contributed by atoms with Gasteiger partial charge >= 0.3 is 34.1 Å². The zero-order valence-corrected chi connectivity index (χ0v) is 49.3. The summed E-state index contributed by atoms with van der Waals surface area (Å²) < 4.78 is 23.6. The molecule has 0 heterocycles. The molecule has 8 rings (SSSR count). The van der Waals surface area contributed by atoms with Gasteiger partial charge in [0.2, 0.25) is 0 Å². The molecule has 0 radical (unpaired) electrons. The summed E-state index contributed by atoms with van der Waals surface area (Å²) in [5, 5.41) is 27.5. The van der Waals surface area contributed by atoms with Gasteiger partial charge in [0.25, 0.3) is 0 Å². The molecule has 3 unspecified atom stereocenters. The number of ether oxygens (including phenoxy) is 4. The van der Waals surface area contributed by atoms with Gasteiger partial charge in [0.1, 0.15) is 0 Å². The van der Waals surface area contributed by atoms with Crippen LogP contribution in [-0.4, -0.2) is 104 Å². The van der Waals surface area contributed by atoms with Crippen LogP contribution in [0.1, 0.15) is 105 Å². The third-order valence-corrected chi connectivity index (χ3v) is 14.6. The third-order valence-electron chi connectivity index (χ3n) is 14.6. The smallest absolute Gasteiger partial charge is 0.377 e. The number of rotatable bonds is 30. The van der Waals surface area contributed by atoms with Gasteiger partial charge in [0.15, 0.2) is 0 Å². The molecule has 4 aromatic carbocycles. The van der Waals surface area contributed by atoms with Gasteiger partial charge < -0.3 is 42.6 Å². The van der Waals surface area contributed by atoms with E-state index in [1.54, 1.807) is 23.7 Å². The average Bonchev–Trinajstić information content (AvgIpc) is 4.29. The van der Waals surface area contributed by atoms with Gasteiger partial charge in [-0.2, -0.15) is 99.5 Å². The summed E-state index contributed by atoms with van der Waals surface area (Å²) in [6.07, 6.45) is 22.8. The maximum absolute atomic E-state index is 5.90. The zero-order valence-electron chi connectivity index (χ0n) is 47.1. The standard InChI is InChI=1S/2C32H44N4O2.2Fe/c2*1-27-13-15-29(23-27)25-33-35(31-9-5-3-6-10-31)17-19-37-21-22-38-20-18-36(32-11-7-4-8-12-32)34-26-30-16-14-28(2)24-30;;/h2*3-12,25-26,29-30H,13-24H2,1-2H3;;/q2*-2;2*+2/b2*33-25+,34-26+;;/t29-,30?;;;/m1.../s1. The molecule has 0 aromatic heterocycles. The number of nitrogens with zero attached hydrogens (tertiary/aromatic N) is 8. The Hall–Kier alpha value is -4.36. The van der Waals surface area contributed by atoms with E-state index in [0.717, 1.165) is 48.4 Å². The fourth-order valence-electron chi connectivity index (χ4n) is 10.2. The predicted octanol–water partition coefficient (Wildman–Crippen LogP) is 13.6. The summed E-state index contributed by atoms with van der Waals surface area (Å²) in [5.74, 6) is 8.53. The number of benzene rings is 4. The van der Waals surface area contributed by atoms with Gasteiger partial charge in [-0.1, -0.05) is 98.5 Å². The van der Waals surface area contributed by atoms with Gasteiger partial charge in [-0.05, 0) is 72.2 Å². The summed E-state index contributed by atoms with van der Waals surface area (Å²) >= 11 is 0. The first-order chi connectivity index (χ1) is 37.3. The molecule has 0 aliphatic heterocycles. The molecule has 4 saturated carbocycles. The molecule has 0 N–H and O–H groups in total. The molecule has 424 valence electrons. The van der Waals surface area contributed by atoms with Crippen molar-refractivity contribution in [2.75, 3.05) is 99.1 Å². The first-order valence-corrected chi connectivity index (χ1v) is 28.4. The van der Waals surface area contributed by atoms with Crippen molar-refractivity contribution in [1.82, 2.24) is 0 Å². The Kier molecular flexibility index (Phi) is 31.0. The number of anilines is 4. The number of hydrazone groups is 4. The number of para-hydroxylation sites is 4. The fourth-order valence-corrected chi connectivity index (χ4v) is 10.2. The second-order valence-electron chi connectivity index (χ2n) is 21.2. The minimum Gasteiger partial charge on any atom is -0.377 e. The van der Waals surface area contributed by atoms with Crippen molar-refractivity contribution < 1.29 is 53.1 Å². The van der Waals surface area contributed by atoms with Gasteiger partial charge in [0.05, 0.1) is 102 Å². The Morgan fingerprint density at radius 3 is 0.731 bits per heavy atom. The van der Waals surface area contributed by atoms with E-state index in [-0.39, 0.29) is 34.1 Å². The van der Waals surface area contributed by atoms with E-state index in [1.807, 2.05) is 44.3 Å². The summed E-state index contributed by atoms with van der Waals surface area (Å²) in [5.41, 5.74) is 4.37. The molecule has 4 atom stereocenters. The molecule has 4 aliphatic rings. The first-order valence-electron chi connectivity index (χ1n) is 28.4. The van der Waals surface area contributed by atoms with E-state index < -0.39 is 0 Å². The number of hydrogen-bond acceptors (Lipinski definition) is 12. The Labute approximate surface area is 490 Å². The van der Waals surface area contributed by atoms with Crippen LogP contribution < -0.4 is 20.0 Å². The minimum atomic E-state index is 0. The molecule has 12 nitrogen and oxygen atoms in total. The van der Waals surface area contributed by atoms with Gasteiger partial charge in [-0.25, -0.2) is 0 Å². The van der Waals surface area contributed by atoms with Crippen LogP contribution in [0.2, 0.25) is 0 Å². The van der Waals surface area contributed by atoms with Crippen molar-refractivity contribution in [3.05, 3.63) is 145 Å². The van der Waals surface area contributed by atoms with Crippen molar-refractivity contribution in [3.8, 4) is 0 Å². The molecule has 0 saturated heterocycles. The topological polar surface area (TPSA) is 99.3 Å². The summed E-state index contributed by atoms with van der Waals surface area (Å²) in [7, 11) is 0. The van der Waals surface area contributed by atoms with Gasteiger partial charge in [0, 0.05) is 24.9 Å². The Morgan fingerprint density at radius 2 is 0.551 bits per heavy atom. The zero-order chi connectivity index (χ0) is 52.8. The molecule has 4 aromatic rings. The van der Waals surface area contributed by atoms with Crippen LogP contribution in [0.5, 0.6) is 0 Å². The Bertz CT molecular complexity index is 1950. The van der Waals surface area contributed by atoms with Crippen molar-refractivity contribution in [2.24, 2.45) is 44.1 Å². The van der Waals surface area contributed by atoms with Crippen molar-refractivity contribution >= 4 is 47.6 Å². The maximum atomic E-state index is 5.90. The average molecular weight is 1150 g/mol. The fraction of sp³-hybridized carbons (Fsp3) is 0.500. The first kappa shape index (κ1) is 64.5. The van der Waals surface area contributed by atoms with Crippen LogP contribution in [0.4, 0.5) is 22.7 Å². The summed E-state index contributed by atoms with van der Waals surface area (Å²) in [4.78, 5) is 0. The van der Waals surface area contributed by atoms with E-state index in [4.69, 9.17) is 39.4 Å². The summed E-state index contributed by atoms with van der Waals surface area (Å²) in [6, 6.07) is 41.3. The second-order valence-corrected chi connectivity index (χ2v) is 21.2. The van der Waals surface area contributed by atoms with Crippen LogP contribution in [0.25, 0.3) is 0 Å². The molecular formula is C64H88Fe2N8O4. The molecule has 78 heavy (non-hydrogen) atoms. The molecule has 0 spiro atoms. The molecule has 14 heteroatoms. The summed E-state index contributed by atoms with van der Waals surface area (Å²) in [6.45, 7) is 16.5. The molecule has 4 fully saturated rings. The molecule has 0 bridgehead atoms. The normalized spacial score (nSPS) is 20.2. The second kappa shape index (κ2) is 37.5. The minimum absolute atomic E-state index is 0. The third kappa shape index (κ3) is 24.2. The van der Waals surface area contributed by atoms with E-state index >= 15 is 0 Å². The van der Waals surface area contributed by atoms with Crippen LogP contribution in [-0.2, 0) is 53.1 Å². The van der Waals surface area contributed by atoms with Gasteiger partial charge in [-0.15, -0.1) is 0 Å². The maximum Gasteiger partial charge on any atom is 2.00 e. The SMILES string of the molecule is C[C-]1CCC(/C=N/N(CCOCCOCCN(/N=C/C2CC[C-](C)C2)c2ccccc2)c2ccccc2)C1.C[C-]1CCC(/C=N/N(CCOCCOCCN(/N=C/[C@@H]2CC[C-](C)C2)c2ccccc2)c2ccccc2)C1.[Fe+2].[Fe+2]. The molecule has 0 amide bonds. The monoisotopic (exact) mass is 1140 g/mol. The number of hydrogen-bond donors (Lipinski definition) is 0. The van der Waals surface area contributed by atoms with Crippen molar-refractivity contribution in [3.63, 3.8) is 0 Å².